The minimum Gasteiger partial charge on any atom is -0.332 e. The Bertz CT molecular complexity index is 1260. The molecule has 3 aromatic rings. The van der Waals surface area contributed by atoms with Crippen molar-refractivity contribution in [3.63, 3.8) is 0 Å². The van der Waals surface area contributed by atoms with Crippen LogP contribution in [-0.4, -0.2) is 39.1 Å². The van der Waals surface area contributed by atoms with Crippen molar-refractivity contribution in [3.8, 4) is 0 Å². The zero-order valence-electron chi connectivity index (χ0n) is 21.6. The molecule has 0 radical (unpaired) electrons. The van der Waals surface area contributed by atoms with Crippen LogP contribution >= 0.6 is 11.3 Å². The van der Waals surface area contributed by atoms with Gasteiger partial charge in [-0.25, -0.2) is 0 Å². The summed E-state index contributed by atoms with van der Waals surface area (Å²) in [5.41, 5.74) is 1.74. The molecule has 4 rings (SSSR count). The lowest BCUT2D eigenvalue weighted by Crippen LogP contribution is -2.47. The molecule has 1 aliphatic rings. The van der Waals surface area contributed by atoms with E-state index in [-0.39, 0.29) is 30.1 Å². The molecule has 7 nitrogen and oxygen atoms in total. The Hall–Kier alpha value is -3.78. The second-order valence-corrected chi connectivity index (χ2v) is 11.1. The van der Waals surface area contributed by atoms with Crippen molar-refractivity contribution in [3.05, 3.63) is 104 Å². The van der Waals surface area contributed by atoms with E-state index in [2.05, 4.69) is 19.1 Å². The summed E-state index contributed by atoms with van der Waals surface area (Å²) in [5.74, 6) is -0.294. The van der Waals surface area contributed by atoms with E-state index in [1.54, 1.807) is 34.4 Å². The van der Waals surface area contributed by atoms with Gasteiger partial charge in [-0.05, 0) is 61.2 Å². The van der Waals surface area contributed by atoms with Crippen molar-refractivity contribution in [1.29, 1.82) is 0 Å². The highest BCUT2D eigenvalue weighted by molar-refractivity contribution is 7.11. The van der Waals surface area contributed by atoms with E-state index in [9.17, 15) is 19.7 Å². The van der Waals surface area contributed by atoms with Gasteiger partial charge in [0.05, 0.1) is 11.5 Å². The van der Waals surface area contributed by atoms with E-state index < -0.39 is 4.92 Å². The van der Waals surface area contributed by atoms with Gasteiger partial charge in [0, 0.05) is 40.5 Å². The third-order valence-corrected chi connectivity index (χ3v) is 7.82. The molecule has 0 saturated heterocycles. The molecule has 0 unspecified atom stereocenters. The zero-order valence-corrected chi connectivity index (χ0v) is 22.4. The number of hydrogen-bond donors (Lipinski definition) is 0. The first-order valence-corrected chi connectivity index (χ1v) is 13.8. The molecule has 198 valence electrons. The van der Waals surface area contributed by atoms with Crippen LogP contribution < -0.4 is 0 Å². The number of hydrogen-bond acceptors (Lipinski definition) is 5. The molecule has 1 heterocycles. The fraction of sp³-hybridized carbons (Fsp3) is 0.333. The highest BCUT2D eigenvalue weighted by atomic mass is 32.1. The predicted octanol–water partition coefficient (Wildman–Crippen LogP) is 6.37. The molecule has 0 aliphatic heterocycles. The third kappa shape index (κ3) is 7.61. The molecule has 0 atom stereocenters. The van der Waals surface area contributed by atoms with E-state index in [4.69, 9.17) is 0 Å². The van der Waals surface area contributed by atoms with Crippen LogP contribution in [0.2, 0.25) is 0 Å². The van der Waals surface area contributed by atoms with Crippen molar-refractivity contribution in [2.45, 2.75) is 58.2 Å². The molecule has 1 saturated carbocycles. The van der Waals surface area contributed by atoms with Gasteiger partial charge >= 0.3 is 0 Å². The van der Waals surface area contributed by atoms with Gasteiger partial charge in [-0.2, -0.15) is 0 Å². The molecular formula is C30H33N3O4S. The zero-order chi connectivity index (χ0) is 26.9. The number of benzene rings is 2. The van der Waals surface area contributed by atoms with Gasteiger partial charge in [-0.15, -0.1) is 11.3 Å². The molecule has 1 aliphatic carbocycles. The van der Waals surface area contributed by atoms with Gasteiger partial charge in [-0.1, -0.05) is 49.6 Å². The fourth-order valence-electron chi connectivity index (χ4n) is 4.79. The number of nitro groups is 1. The molecule has 0 N–H and O–H groups in total. The van der Waals surface area contributed by atoms with Crippen LogP contribution in [0.3, 0.4) is 0 Å². The van der Waals surface area contributed by atoms with Gasteiger partial charge in [0.1, 0.15) is 6.54 Å². The Labute approximate surface area is 227 Å². The van der Waals surface area contributed by atoms with Crippen LogP contribution in [0.4, 0.5) is 5.69 Å². The largest absolute Gasteiger partial charge is 0.332 e. The maximum atomic E-state index is 13.7. The molecule has 38 heavy (non-hydrogen) atoms. The van der Waals surface area contributed by atoms with Crippen LogP contribution in [-0.2, 0) is 22.7 Å². The van der Waals surface area contributed by atoms with Crippen molar-refractivity contribution in [1.82, 2.24) is 9.80 Å². The normalized spacial score (nSPS) is 13.9. The standard InChI is InChI=1S/C30H33N3O4S/c1-23-12-18-28(38-23)21-31(20-25-8-4-2-5-9-25)30(35)22-32(26-10-6-3-7-11-26)29(34)19-15-24-13-16-27(17-14-24)33(36)37/h2,4-5,8-9,12-19,26H,3,6-7,10-11,20-22H2,1H3. The molecule has 8 heteroatoms. The quantitative estimate of drug-likeness (QED) is 0.173. The Kier molecular flexibility index (Phi) is 9.43. The van der Waals surface area contributed by atoms with E-state index in [1.165, 1.54) is 23.1 Å². The van der Waals surface area contributed by atoms with Gasteiger partial charge in [-0.3, -0.25) is 19.7 Å². The minimum absolute atomic E-state index is 0.00217. The van der Waals surface area contributed by atoms with Gasteiger partial charge in [0.15, 0.2) is 0 Å². The molecule has 1 fully saturated rings. The third-order valence-electron chi connectivity index (χ3n) is 6.84. The Morgan fingerprint density at radius 3 is 2.32 bits per heavy atom. The van der Waals surface area contributed by atoms with Crippen molar-refractivity contribution in [2.75, 3.05) is 6.54 Å². The molecule has 0 spiro atoms. The number of amides is 2. The van der Waals surface area contributed by atoms with Crippen LogP contribution in [0.5, 0.6) is 0 Å². The van der Waals surface area contributed by atoms with E-state index in [0.29, 0.717) is 18.7 Å². The molecule has 2 amide bonds. The van der Waals surface area contributed by atoms with Gasteiger partial charge in [0.2, 0.25) is 11.8 Å². The van der Waals surface area contributed by atoms with E-state index in [0.717, 1.165) is 42.5 Å². The maximum absolute atomic E-state index is 13.7. The topological polar surface area (TPSA) is 83.8 Å². The number of thiophene rings is 1. The number of rotatable bonds is 10. The van der Waals surface area contributed by atoms with Crippen molar-refractivity contribution in [2.24, 2.45) is 0 Å². The van der Waals surface area contributed by atoms with Crippen LogP contribution in [0, 0.1) is 17.0 Å². The van der Waals surface area contributed by atoms with Gasteiger partial charge in [0.25, 0.3) is 5.69 Å². The maximum Gasteiger partial charge on any atom is 0.269 e. The van der Waals surface area contributed by atoms with Crippen molar-refractivity contribution >= 4 is 34.9 Å². The summed E-state index contributed by atoms with van der Waals surface area (Å²) in [6, 6.07) is 20.1. The number of nitrogens with zero attached hydrogens (tertiary/aromatic N) is 3. The van der Waals surface area contributed by atoms with E-state index >= 15 is 0 Å². The summed E-state index contributed by atoms with van der Waals surface area (Å²) in [6.45, 7) is 3.04. The SMILES string of the molecule is Cc1ccc(CN(Cc2ccccc2)C(=O)CN(C(=O)C=Cc2ccc([N+](=O)[O-])cc2)C2CCCCC2)s1. The Balaban J connectivity index is 1.53. The Morgan fingerprint density at radius 1 is 0.974 bits per heavy atom. The highest BCUT2D eigenvalue weighted by Gasteiger charge is 2.28. The smallest absolute Gasteiger partial charge is 0.269 e. The summed E-state index contributed by atoms with van der Waals surface area (Å²) in [4.78, 5) is 43.5. The fourth-order valence-corrected chi connectivity index (χ4v) is 5.70. The lowest BCUT2D eigenvalue weighted by Gasteiger charge is -2.35. The Morgan fingerprint density at radius 2 is 1.68 bits per heavy atom. The lowest BCUT2D eigenvalue weighted by molar-refractivity contribution is -0.384. The first-order valence-electron chi connectivity index (χ1n) is 13.0. The van der Waals surface area contributed by atoms with E-state index in [1.807, 2.05) is 35.2 Å². The first-order chi connectivity index (χ1) is 18.4. The predicted molar refractivity (Wildman–Crippen MR) is 150 cm³/mol. The first kappa shape index (κ1) is 27.3. The van der Waals surface area contributed by atoms with Gasteiger partial charge < -0.3 is 9.80 Å². The molecular weight excluding hydrogens is 498 g/mol. The summed E-state index contributed by atoms with van der Waals surface area (Å²) < 4.78 is 0. The molecule has 2 aromatic carbocycles. The van der Waals surface area contributed by atoms with Crippen molar-refractivity contribution < 1.29 is 14.5 Å². The summed E-state index contributed by atoms with van der Waals surface area (Å²) >= 11 is 1.68. The second-order valence-electron chi connectivity index (χ2n) is 9.69. The summed E-state index contributed by atoms with van der Waals surface area (Å²) in [6.07, 6.45) is 8.12. The number of carbonyl (C=O) groups excluding carboxylic acids is 2. The number of nitro benzene ring substituents is 1. The monoisotopic (exact) mass is 531 g/mol. The van der Waals surface area contributed by atoms with Crippen LogP contribution in [0.15, 0.2) is 72.8 Å². The second kappa shape index (κ2) is 13.1. The average Bonchev–Trinajstić information content (AvgIpc) is 3.35. The summed E-state index contributed by atoms with van der Waals surface area (Å²) in [5, 5.41) is 10.9. The van der Waals surface area contributed by atoms with Crippen LogP contribution in [0.25, 0.3) is 6.08 Å². The molecule has 1 aromatic heterocycles. The highest BCUT2D eigenvalue weighted by Crippen LogP contribution is 2.24. The average molecular weight is 532 g/mol. The molecule has 0 bridgehead atoms. The number of aryl methyl sites for hydroxylation is 1. The number of non-ortho nitro benzene ring substituents is 1. The minimum atomic E-state index is -0.451. The number of carbonyl (C=O) groups is 2. The summed E-state index contributed by atoms with van der Waals surface area (Å²) in [7, 11) is 0. The van der Waals surface area contributed by atoms with Crippen LogP contribution in [0.1, 0.15) is 53.0 Å². The lowest BCUT2D eigenvalue weighted by atomic mass is 9.94.